The van der Waals surface area contributed by atoms with Crippen molar-refractivity contribution in [3.63, 3.8) is 0 Å². The Balaban J connectivity index is 2.36. The number of imidazole rings is 1. The standard InChI is InChI=1S/C15H10F2N2O2/c1-8-3-2-6-19-13(15(20)21)12(18-14(8)19)9-4-5-10(16)11(17)7-9/h2-7H,1H3,(H,20,21). The van der Waals surface area contributed by atoms with E-state index in [0.29, 0.717) is 5.65 Å². The Morgan fingerprint density at radius 2 is 2.00 bits per heavy atom. The van der Waals surface area contributed by atoms with Crippen molar-refractivity contribution in [1.29, 1.82) is 0 Å². The van der Waals surface area contributed by atoms with Crippen molar-refractivity contribution in [2.45, 2.75) is 6.92 Å². The average Bonchev–Trinajstić information content (AvgIpc) is 2.83. The van der Waals surface area contributed by atoms with Crippen molar-refractivity contribution in [2.24, 2.45) is 0 Å². The van der Waals surface area contributed by atoms with Gasteiger partial charge in [-0.25, -0.2) is 18.6 Å². The normalized spacial score (nSPS) is 11.0. The number of hydrogen-bond acceptors (Lipinski definition) is 2. The third-order valence-electron chi connectivity index (χ3n) is 3.24. The lowest BCUT2D eigenvalue weighted by Gasteiger charge is -2.01. The van der Waals surface area contributed by atoms with Gasteiger partial charge >= 0.3 is 5.97 Å². The summed E-state index contributed by atoms with van der Waals surface area (Å²) in [5.74, 6) is -3.22. The van der Waals surface area contributed by atoms with Gasteiger partial charge in [-0.3, -0.25) is 4.40 Å². The molecule has 2 aromatic heterocycles. The first-order chi connectivity index (χ1) is 9.99. The molecule has 2 heterocycles. The lowest BCUT2D eigenvalue weighted by molar-refractivity contribution is 0.0690. The maximum atomic E-state index is 13.4. The molecule has 0 aliphatic carbocycles. The highest BCUT2D eigenvalue weighted by molar-refractivity contribution is 5.95. The van der Waals surface area contributed by atoms with E-state index in [1.165, 1.54) is 10.5 Å². The predicted molar refractivity (Wildman–Crippen MR) is 72.2 cm³/mol. The van der Waals surface area contributed by atoms with Crippen molar-refractivity contribution in [1.82, 2.24) is 9.38 Å². The molecule has 0 amide bonds. The molecule has 0 saturated heterocycles. The third kappa shape index (κ3) is 2.05. The molecular formula is C15H10F2N2O2. The highest BCUT2D eigenvalue weighted by atomic mass is 19.2. The number of aryl methyl sites for hydroxylation is 1. The number of aromatic carboxylic acids is 1. The van der Waals surface area contributed by atoms with Crippen LogP contribution in [-0.4, -0.2) is 20.5 Å². The number of carbonyl (C=O) groups is 1. The number of pyridine rings is 1. The fourth-order valence-electron chi connectivity index (χ4n) is 2.25. The van der Waals surface area contributed by atoms with Crippen LogP contribution in [0.4, 0.5) is 8.78 Å². The van der Waals surface area contributed by atoms with E-state index in [1.54, 1.807) is 25.3 Å². The van der Waals surface area contributed by atoms with Crippen LogP contribution in [0, 0.1) is 18.6 Å². The van der Waals surface area contributed by atoms with E-state index in [4.69, 9.17) is 0 Å². The van der Waals surface area contributed by atoms with E-state index in [1.807, 2.05) is 0 Å². The molecule has 3 aromatic rings. The highest BCUT2D eigenvalue weighted by Gasteiger charge is 2.21. The van der Waals surface area contributed by atoms with E-state index in [-0.39, 0.29) is 17.0 Å². The first-order valence-corrected chi connectivity index (χ1v) is 6.15. The molecule has 1 aromatic carbocycles. The minimum absolute atomic E-state index is 0.0836. The molecule has 3 rings (SSSR count). The first-order valence-electron chi connectivity index (χ1n) is 6.15. The number of aromatic nitrogens is 2. The summed E-state index contributed by atoms with van der Waals surface area (Å²) in [6.45, 7) is 1.79. The van der Waals surface area contributed by atoms with Crippen LogP contribution >= 0.6 is 0 Å². The van der Waals surface area contributed by atoms with Crippen LogP contribution in [0.2, 0.25) is 0 Å². The number of nitrogens with zero attached hydrogens (tertiary/aromatic N) is 2. The zero-order valence-corrected chi connectivity index (χ0v) is 11.0. The number of fused-ring (bicyclic) bond motifs is 1. The van der Waals surface area contributed by atoms with Crippen molar-refractivity contribution in [2.75, 3.05) is 0 Å². The summed E-state index contributed by atoms with van der Waals surface area (Å²) in [5.41, 5.74) is 1.49. The van der Waals surface area contributed by atoms with E-state index in [0.717, 1.165) is 17.7 Å². The molecule has 0 aliphatic heterocycles. The van der Waals surface area contributed by atoms with E-state index in [9.17, 15) is 18.7 Å². The van der Waals surface area contributed by atoms with Gasteiger partial charge in [-0.2, -0.15) is 0 Å². The van der Waals surface area contributed by atoms with Gasteiger partial charge in [-0.05, 0) is 36.8 Å². The second kappa shape index (κ2) is 4.66. The summed E-state index contributed by atoms with van der Waals surface area (Å²) in [7, 11) is 0. The number of benzene rings is 1. The molecule has 21 heavy (non-hydrogen) atoms. The molecule has 0 spiro atoms. The summed E-state index contributed by atoms with van der Waals surface area (Å²) >= 11 is 0. The van der Waals surface area contributed by atoms with Gasteiger partial charge in [0.2, 0.25) is 0 Å². The molecular weight excluding hydrogens is 278 g/mol. The molecule has 0 saturated carbocycles. The molecule has 1 N–H and O–H groups in total. The van der Waals surface area contributed by atoms with Crippen molar-refractivity contribution < 1.29 is 18.7 Å². The number of carboxylic acids is 1. The second-order valence-corrected chi connectivity index (χ2v) is 4.63. The Morgan fingerprint density at radius 1 is 1.24 bits per heavy atom. The fourth-order valence-corrected chi connectivity index (χ4v) is 2.25. The summed E-state index contributed by atoms with van der Waals surface area (Å²) < 4.78 is 27.8. The molecule has 0 aliphatic rings. The van der Waals surface area contributed by atoms with Gasteiger partial charge in [-0.1, -0.05) is 6.07 Å². The number of rotatable bonds is 2. The maximum Gasteiger partial charge on any atom is 0.355 e. The van der Waals surface area contributed by atoms with Gasteiger partial charge < -0.3 is 5.11 Å². The predicted octanol–water partition coefficient (Wildman–Crippen LogP) is 3.29. The van der Waals surface area contributed by atoms with Crippen LogP contribution in [0.3, 0.4) is 0 Å². The monoisotopic (exact) mass is 288 g/mol. The number of carboxylic acid groups (broad SMARTS) is 1. The Bertz CT molecular complexity index is 871. The van der Waals surface area contributed by atoms with Crippen LogP contribution in [0.15, 0.2) is 36.5 Å². The van der Waals surface area contributed by atoms with Crippen molar-refractivity contribution in [3.05, 3.63) is 59.4 Å². The molecule has 106 valence electrons. The minimum Gasteiger partial charge on any atom is -0.476 e. The lowest BCUT2D eigenvalue weighted by atomic mass is 10.1. The Labute approximate surface area is 118 Å². The number of hydrogen-bond donors (Lipinski definition) is 1. The van der Waals surface area contributed by atoms with Gasteiger partial charge in [0.15, 0.2) is 17.3 Å². The van der Waals surface area contributed by atoms with Gasteiger partial charge in [0.05, 0.1) is 0 Å². The fraction of sp³-hybridized carbons (Fsp3) is 0.0667. The van der Waals surface area contributed by atoms with Crippen LogP contribution < -0.4 is 0 Å². The Morgan fingerprint density at radius 3 is 2.67 bits per heavy atom. The molecule has 4 nitrogen and oxygen atoms in total. The van der Waals surface area contributed by atoms with Crippen molar-refractivity contribution in [3.8, 4) is 11.3 Å². The average molecular weight is 288 g/mol. The third-order valence-corrected chi connectivity index (χ3v) is 3.24. The van der Waals surface area contributed by atoms with Crippen molar-refractivity contribution >= 4 is 11.6 Å². The Hall–Kier alpha value is -2.76. The summed E-state index contributed by atoms with van der Waals surface area (Å²) in [4.78, 5) is 15.8. The SMILES string of the molecule is Cc1cccn2c(C(=O)O)c(-c3ccc(F)c(F)c3)nc12. The second-order valence-electron chi connectivity index (χ2n) is 4.63. The summed E-state index contributed by atoms with van der Waals surface area (Å²) in [6, 6.07) is 6.70. The van der Waals surface area contributed by atoms with E-state index in [2.05, 4.69) is 4.98 Å². The van der Waals surface area contributed by atoms with Crippen LogP contribution in [-0.2, 0) is 0 Å². The quantitative estimate of drug-likeness (QED) is 0.787. The van der Waals surface area contributed by atoms with Gasteiger partial charge in [0, 0.05) is 11.8 Å². The van der Waals surface area contributed by atoms with E-state index < -0.39 is 17.6 Å². The molecule has 0 atom stereocenters. The minimum atomic E-state index is -1.19. The zero-order chi connectivity index (χ0) is 15.1. The van der Waals surface area contributed by atoms with Crippen LogP contribution in [0.25, 0.3) is 16.9 Å². The molecule has 0 bridgehead atoms. The maximum absolute atomic E-state index is 13.4. The van der Waals surface area contributed by atoms with Gasteiger partial charge in [-0.15, -0.1) is 0 Å². The zero-order valence-electron chi connectivity index (χ0n) is 11.0. The molecule has 0 fully saturated rings. The highest BCUT2D eigenvalue weighted by Crippen LogP contribution is 2.27. The number of halogens is 2. The smallest absolute Gasteiger partial charge is 0.355 e. The Kier molecular flexibility index (Phi) is 2.94. The largest absolute Gasteiger partial charge is 0.476 e. The molecule has 6 heteroatoms. The van der Waals surface area contributed by atoms with Crippen LogP contribution in [0.1, 0.15) is 16.1 Å². The van der Waals surface area contributed by atoms with E-state index >= 15 is 0 Å². The van der Waals surface area contributed by atoms with Gasteiger partial charge in [0.25, 0.3) is 0 Å². The van der Waals surface area contributed by atoms with Crippen LogP contribution in [0.5, 0.6) is 0 Å². The lowest BCUT2D eigenvalue weighted by Crippen LogP contribution is -2.03. The topological polar surface area (TPSA) is 54.6 Å². The summed E-state index contributed by atoms with van der Waals surface area (Å²) in [6.07, 6.45) is 1.57. The first kappa shape index (κ1) is 13.2. The molecule has 0 unspecified atom stereocenters. The molecule has 0 radical (unpaired) electrons. The summed E-state index contributed by atoms with van der Waals surface area (Å²) in [5, 5.41) is 9.40. The van der Waals surface area contributed by atoms with Gasteiger partial charge in [0.1, 0.15) is 11.3 Å².